The second kappa shape index (κ2) is 4.93. The first kappa shape index (κ1) is 12.2. The summed E-state index contributed by atoms with van der Waals surface area (Å²) in [5.41, 5.74) is 0.682. The molecule has 0 spiro atoms. The highest BCUT2D eigenvalue weighted by atomic mass is 79.9. The maximum absolute atomic E-state index is 13.0. The van der Waals surface area contributed by atoms with Crippen LogP contribution in [-0.4, -0.2) is 29.9 Å². The van der Waals surface area contributed by atoms with Gasteiger partial charge in [-0.05, 0) is 33.6 Å². The number of carbonyl (C=O) groups is 2. The van der Waals surface area contributed by atoms with E-state index in [0.29, 0.717) is 10.0 Å². The zero-order valence-electron chi connectivity index (χ0n) is 8.78. The molecule has 4 nitrogen and oxygen atoms in total. The van der Waals surface area contributed by atoms with Crippen molar-refractivity contribution in [3.8, 4) is 0 Å². The Kier molecular flexibility index (Phi) is 3.54. The molecule has 0 radical (unpaired) electrons. The Balaban J connectivity index is 2.16. The molecule has 2 amide bonds. The molecule has 6 heteroatoms. The Morgan fingerprint density at radius 1 is 1.29 bits per heavy atom. The summed E-state index contributed by atoms with van der Waals surface area (Å²) in [4.78, 5) is 24.0. The normalized spacial score (nSPS) is 16.5. The van der Waals surface area contributed by atoms with Crippen LogP contribution in [0.1, 0.15) is 5.56 Å². The van der Waals surface area contributed by atoms with Gasteiger partial charge in [0.05, 0.1) is 11.0 Å². The van der Waals surface area contributed by atoms with Gasteiger partial charge in [-0.15, -0.1) is 0 Å². The van der Waals surface area contributed by atoms with E-state index < -0.39 is 0 Å². The minimum absolute atomic E-state index is 0.0892. The molecule has 1 aliphatic rings. The maximum atomic E-state index is 13.0. The summed E-state index contributed by atoms with van der Waals surface area (Å²) in [6.45, 7) is -0.0396. The topological polar surface area (TPSA) is 46.6 Å². The highest BCUT2D eigenvalue weighted by Gasteiger charge is 2.26. The van der Waals surface area contributed by atoms with Crippen molar-refractivity contribution in [3.05, 3.63) is 34.1 Å². The van der Waals surface area contributed by atoms with Gasteiger partial charge in [-0.2, -0.15) is 0 Å². The maximum Gasteiger partial charge on any atom is 0.255 e. The van der Waals surface area contributed by atoms with Crippen molar-refractivity contribution in [1.82, 2.24) is 4.90 Å². The third-order valence-electron chi connectivity index (χ3n) is 2.38. The molecule has 1 heterocycles. The highest BCUT2D eigenvalue weighted by Crippen LogP contribution is 2.18. The van der Waals surface area contributed by atoms with Crippen LogP contribution in [-0.2, 0) is 20.9 Å². The Morgan fingerprint density at radius 3 is 2.53 bits per heavy atom. The Hall–Kier alpha value is -1.27. The van der Waals surface area contributed by atoms with Gasteiger partial charge < -0.3 is 4.74 Å². The number of halogens is 2. The van der Waals surface area contributed by atoms with Gasteiger partial charge in [-0.1, -0.05) is 6.07 Å². The fourth-order valence-electron chi connectivity index (χ4n) is 1.52. The molecule has 0 aromatic heterocycles. The lowest BCUT2D eigenvalue weighted by Gasteiger charge is -2.24. The molecule has 2 rings (SSSR count). The van der Waals surface area contributed by atoms with E-state index >= 15 is 0 Å². The van der Waals surface area contributed by atoms with E-state index in [0.717, 1.165) is 4.90 Å². The van der Waals surface area contributed by atoms with Gasteiger partial charge in [0, 0.05) is 0 Å². The van der Waals surface area contributed by atoms with Crippen molar-refractivity contribution in [3.63, 3.8) is 0 Å². The van der Waals surface area contributed by atoms with Gasteiger partial charge in [0.2, 0.25) is 0 Å². The standard InChI is InChI=1S/C11H9BrFNO3/c12-8-3-7(1-2-9(8)13)4-14-10(15)5-17-6-11(14)16/h1-3H,4-6H2. The van der Waals surface area contributed by atoms with Crippen LogP contribution < -0.4 is 0 Å². The average molecular weight is 302 g/mol. The fraction of sp³-hybridized carbons (Fsp3) is 0.273. The van der Waals surface area contributed by atoms with Gasteiger partial charge in [0.15, 0.2) is 0 Å². The summed E-state index contributed by atoms with van der Waals surface area (Å²) >= 11 is 3.05. The van der Waals surface area contributed by atoms with Gasteiger partial charge >= 0.3 is 0 Å². The number of nitrogens with zero attached hydrogens (tertiary/aromatic N) is 1. The van der Waals surface area contributed by atoms with E-state index in [1.807, 2.05) is 0 Å². The number of carbonyl (C=O) groups excluding carboxylic acids is 2. The molecule has 0 N–H and O–H groups in total. The molecule has 0 saturated carbocycles. The van der Waals surface area contributed by atoms with E-state index in [4.69, 9.17) is 4.74 Å². The van der Waals surface area contributed by atoms with E-state index in [2.05, 4.69) is 15.9 Å². The van der Waals surface area contributed by atoms with Crippen LogP contribution in [0.4, 0.5) is 4.39 Å². The first-order valence-corrected chi connectivity index (χ1v) is 5.72. The molecule has 1 aromatic rings. The van der Waals surface area contributed by atoms with Gasteiger partial charge in [0.25, 0.3) is 11.8 Å². The van der Waals surface area contributed by atoms with Crippen molar-refractivity contribution in [2.24, 2.45) is 0 Å². The Labute approximate surface area is 105 Å². The number of benzene rings is 1. The lowest BCUT2D eigenvalue weighted by atomic mass is 10.2. The summed E-state index contributed by atoms with van der Waals surface area (Å²) in [6.07, 6.45) is 0. The molecule has 17 heavy (non-hydrogen) atoms. The van der Waals surface area contributed by atoms with Crippen molar-refractivity contribution in [1.29, 1.82) is 0 Å². The molecule has 1 fully saturated rings. The number of hydrogen-bond acceptors (Lipinski definition) is 3. The molecule has 0 atom stereocenters. The third kappa shape index (κ3) is 2.70. The summed E-state index contributed by atoms with van der Waals surface area (Å²) < 4.78 is 18.1. The molecular formula is C11H9BrFNO3. The van der Waals surface area contributed by atoms with Gasteiger partial charge in [-0.3, -0.25) is 14.5 Å². The van der Waals surface area contributed by atoms with Crippen LogP contribution in [0.3, 0.4) is 0 Å². The van der Waals surface area contributed by atoms with Gasteiger partial charge in [-0.25, -0.2) is 4.39 Å². The van der Waals surface area contributed by atoms with Crippen LogP contribution >= 0.6 is 15.9 Å². The first-order valence-electron chi connectivity index (χ1n) is 4.93. The van der Waals surface area contributed by atoms with Gasteiger partial charge in [0.1, 0.15) is 19.0 Å². The second-order valence-electron chi connectivity index (χ2n) is 3.61. The zero-order valence-corrected chi connectivity index (χ0v) is 10.4. The predicted octanol–water partition coefficient (Wildman–Crippen LogP) is 1.47. The molecule has 1 aliphatic heterocycles. The van der Waals surface area contributed by atoms with E-state index in [-0.39, 0.29) is 37.4 Å². The number of ether oxygens (including phenoxy) is 1. The number of amides is 2. The smallest absolute Gasteiger partial charge is 0.255 e. The fourth-order valence-corrected chi connectivity index (χ4v) is 1.94. The van der Waals surface area contributed by atoms with E-state index in [1.165, 1.54) is 12.1 Å². The molecule has 1 saturated heterocycles. The van der Waals surface area contributed by atoms with E-state index in [1.54, 1.807) is 6.07 Å². The number of rotatable bonds is 2. The summed E-state index contributed by atoms with van der Waals surface area (Å²) in [5, 5.41) is 0. The first-order chi connectivity index (χ1) is 8.08. The quantitative estimate of drug-likeness (QED) is 0.777. The third-order valence-corrected chi connectivity index (χ3v) is 2.99. The highest BCUT2D eigenvalue weighted by molar-refractivity contribution is 9.10. The van der Waals surface area contributed by atoms with Crippen molar-refractivity contribution >= 4 is 27.7 Å². The minimum Gasteiger partial charge on any atom is -0.362 e. The summed E-state index contributed by atoms with van der Waals surface area (Å²) in [5.74, 6) is -1.13. The lowest BCUT2D eigenvalue weighted by Crippen LogP contribution is -2.45. The largest absolute Gasteiger partial charge is 0.362 e. The van der Waals surface area contributed by atoms with Crippen LogP contribution in [0, 0.1) is 5.82 Å². The number of morpholine rings is 1. The van der Waals surface area contributed by atoms with Crippen LogP contribution in [0.5, 0.6) is 0 Å². The van der Waals surface area contributed by atoms with E-state index in [9.17, 15) is 14.0 Å². The Morgan fingerprint density at radius 2 is 1.94 bits per heavy atom. The second-order valence-corrected chi connectivity index (χ2v) is 4.47. The monoisotopic (exact) mass is 301 g/mol. The van der Waals surface area contributed by atoms with Crippen molar-refractivity contribution in [2.75, 3.05) is 13.2 Å². The number of imide groups is 1. The molecule has 90 valence electrons. The molecule has 1 aromatic carbocycles. The van der Waals surface area contributed by atoms with Crippen molar-refractivity contribution in [2.45, 2.75) is 6.54 Å². The lowest BCUT2D eigenvalue weighted by molar-refractivity contribution is -0.159. The Bertz CT molecular complexity index is 462. The SMILES string of the molecule is O=C1COCC(=O)N1Cc1ccc(F)c(Br)c1. The molecular weight excluding hydrogens is 293 g/mol. The number of hydrogen-bond donors (Lipinski definition) is 0. The molecule has 0 unspecified atom stereocenters. The molecule has 0 bridgehead atoms. The predicted molar refractivity (Wildman–Crippen MR) is 60.5 cm³/mol. The van der Waals surface area contributed by atoms with Crippen LogP contribution in [0.25, 0.3) is 0 Å². The average Bonchev–Trinajstić information content (AvgIpc) is 2.28. The zero-order chi connectivity index (χ0) is 12.4. The summed E-state index contributed by atoms with van der Waals surface area (Å²) in [7, 11) is 0. The van der Waals surface area contributed by atoms with Crippen molar-refractivity contribution < 1.29 is 18.7 Å². The van der Waals surface area contributed by atoms with Crippen LogP contribution in [0.15, 0.2) is 22.7 Å². The minimum atomic E-state index is -0.381. The van der Waals surface area contributed by atoms with Crippen LogP contribution in [0.2, 0.25) is 0 Å². The molecule has 0 aliphatic carbocycles. The summed E-state index contributed by atoms with van der Waals surface area (Å²) in [6, 6.07) is 4.37.